The molecule has 3 rings (SSSR count). The number of H-pyrrole nitrogens is 1. The largest absolute Gasteiger partial charge is 0.497 e. The van der Waals surface area contributed by atoms with Crippen LogP contribution in [0, 0.1) is 6.92 Å². The second kappa shape index (κ2) is 7.21. The third-order valence-electron chi connectivity index (χ3n) is 3.88. The highest BCUT2D eigenvalue weighted by Crippen LogP contribution is 2.27. The molecule has 0 spiro atoms. The van der Waals surface area contributed by atoms with Gasteiger partial charge in [-0.05, 0) is 43.3 Å². The molecule has 0 saturated carbocycles. The van der Waals surface area contributed by atoms with Crippen molar-refractivity contribution < 1.29 is 19.3 Å². The van der Waals surface area contributed by atoms with Crippen LogP contribution in [-0.2, 0) is 4.74 Å². The van der Waals surface area contributed by atoms with Gasteiger partial charge in [-0.2, -0.15) is 0 Å². The molecule has 0 saturated heterocycles. The fourth-order valence-corrected chi connectivity index (χ4v) is 2.69. The fraction of sp³-hybridized carbons (Fsp3) is 0.200. The van der Waals surface area contributed by atoms with Crippen molar-refractivity contribution in [2.45, 2.75) is 13.8 Å². The van der Waals surface area contributed by atoms with Crippen molar-refractivity contribution in [1.29, 1.82) is 0 Å². The van der Waals surface area contributed by atoms with Crippen molar-refractivity contribution in [3.05, 3.63) is 59.8 Å². The lowest BCUT2D eigenvalue weighted by molar-refractivity contribution is -0.354. The molecule has 3 aromatic rings. The molecule has 0 aliphatic rings. The van der Waals surface area contributed by atoms with Crippen LogP contribution in [0.2, 0.25) is 0 Å². The van der Waals surface area contributed by atoms with Crippen LogP contribution < -0.4 is 15.0 Å². The molecule has 0 aliphatic heterocycles. The zero-order valence-corrected chi connectivity index (χ0v) is 14.6. The Balaban J connectivity index is 2.02. The number of aromatic amines is 1. The van der Waals surface area contributed by atoms with Gasteiger partial charge in [0.2, 0.25) is 5.52 Å². The van der Waals surface area contributed by atoms with E-state index in [2.05, 4.69) is 10.3 Å². The van der Waals surface area contributed by atoms with Gasteiger partial charge in [-0.25, -0.2) is 9.78 Å². The number of carbonyl (C=O) groups excluding carboxylic acids is 1. The van der Waals surface area contributed by atoms with E-state index in [4.69, 9.17) is 9.47 Å². The Morgan fingerprint density at radius 1 is 1.12 bits per heavy atom. The van der Waals surface area contributed by atoms with Gasteiger partial charge in [-0.3, -0.25) is 0 Å². The van der Waals surface area contributed by atoms with Gasteiger partial charge in [0.25, 0.3) is 0 Å². The van der Waals surface area contributed by atoms with E-state index in [1.165, 1.54) is 0 Å². The Labute approximate surface area is 146 Å². The van der Waals surface area contributed by atoms with Crippen molar-refractivity contribution in [3.8, 4) is 5.75 Å². The number of hydrogen-bond donors (Lipinski definition) is 1. The number of aryl methyl sites for hydroxylation is 1. The number of hydrogen-bond acceptors (Lipinski definition) is 4. The highest BCUT2D eigenvalue weighted by Gasteiger charge is 2.14. The van der Waals surface area contributed by atoms with Crippen LogP contribution in [0.3, 0.4) is 0 Å². The number of rotatable bonds is 5. The monoisotopic (exact) mass is 337 g/mol. The van der Waals surface area contributed by atoms with Crippen molar-refractivity contribution in [2.75, 3.05) is 19.0 Å². The fourth-order valence-electron chi connectivity index (χ4n) is 2.69. The Morgan fingerprint density at radius 2 is 1.88 bits per heavy atom. The van der Waals surface area contributed by atoms with Crippen molar-refractivity contribution >= 4 is 28.2 Å². The number of pyridine rings is 1. The first-order valence-electron chi connectivity index (χ1n) is 8.15. The van der Waals surface area contributed by atoms with E-state index < -0.39 is 0 Å². The summed E-state index contributed by atoms with van der Waals surface area (Å²) >= 11 is 0. The first kappa shape index (κ1) is 16.8. The first-order valence-corrected chi connectivity index (χ1v) is 8.15. The highest BCUT2D eigenvalue weighted by atomic mass is 16.5. The second-order valence-corrected chi connectivity index (χ2v) is 5.70. The second-order valence-electron chi connectivity index (χ2n) is 5.70. The number of ether oxygens (including phenoxy) is 2. The number of anilines is 2. The highest BCUT2D eigenvalue weighted by molar-refractivity contribution is 5.98. The van der Waals surface area contributed by atoms with Crippen molar-refractivity contribution in [2.24, 2.45) is 0 Å². The van der Waals surface area contributed by atoms with E-state index in [0.717, 1.165) is 33.7 Å². The molecule has 0 atom stereocenters. The van der Waals surface area contributed by atoms with E-state index in [-0.39, 0.29) is 5.97 Å². The summed E-state index contributed by atoms with van der Waals surface area (Å²) in [7, 11) is 1.64. The summed E-state index contributed by atoms with van der Waals surface area (Å²) in [6.07, 6.45) is 0. The molecule has 0 fully saturated rings. The molecule has 128 valence electrons. The zero-order valence-electron chi connectivity index (χ0n) is 14.6. The Bertz CT molecular complexity index is 905. The summed E-state index contributed by atoms with van der Waals surface area (Å²) in [6.45, 7) is 4.15. The molecule has 0 bridgehead atoms. The van der Waals surface area contributed by atoms with Gasteiger partial charge in [-0.1, -0.05) is 0 Å². The Morgan fingerprint density at radius 3 is 2.56 bits per heavy atom. The van der Waals surface area contributed by atoms with E-state index in [1.807, 2.05) is 49.4 Å². The summed E-state index contributed by atoms with van der Waals surface area (Å²) in [6, 6.07) is 15.2. The van der Waals surface area contributed by atoms with Gasteiger partial charge >= 0.3 is 5.97 Å². The van der Waals surface area contributed by atoms with E-state index in [9.17, 15) is 4.79 Å². The van der Waals surface area contributed by atoms with Gasteiger partial charge in [0, 0.05) is 24.7 Å². The summed E-state index contributed by atoms with van der Waals surface area (Å²) < 4.78 is 10.3. The van der Waals surface area contributed by atoms with Crippen LogP contribution in [0.5, 0.6) is 5.75 Å². The molecule has 0 amide bonds. The predicted octanol–water partition coefficient (Wildman–Crippen LogP) is 3.89. The maximum Gasteiger partial charge on any atom is 0.338 e. The van der Waals surface area contributed by atoms with Crippen LogP contribution in [0.15, 0.2) is 48.5 Å². The van der Waals surface area contributed by atoms with Crippen LogP contribution >= 0.6 is 0 Å². The average Bonchev–Trinajstić information content (AvgIpc) is 2.62. The third-order valence-corrected chi connectivity index (χ3v) is 3.88. The predicted molar refractivity (Wildman–Crippen MR) is 97.5 cm³/mol. The molecular formula is C20H21N2O3+. The number of esters is 1. The summed E-state index contributed by atoms with van der Waals surface area (Å²) in [4.78, 5) is 15.3. The number of carbonyl (C=O) groups is 1. The maximum atomic E-state index is 12.0. The summed E-state index contributed by atoms with van der Waals surface area (Å²) in [5, 5.41) is 4.33. The van der Waals surface area contributed by atoms with Gasteiger partial charge < -0.3 is 14.8 Å². The number of nitrogens with one attached hydrogen (secondary N) is 2. The molecule has 1 aromatic heterocycles. The van der Waals surface area contributed by atoms with E-state index in [1.54, 1.807) is 20.1 Å². The Hall–Kier alpha value is -3.08. The number of methoxy groups -OCH3 is 1. The van der Waals surface area contributed by atoms with Crippen molar-refractivity contribution in [1.82, 2.24) is 0 Å². The molecular weight excluding hydrogens is 316 g/mol. The minimum atomic E-state index is -0.319. The molecule has 25 heavy (non-hydrogen) atoms. The maximum absolute atomic E-state index is 12.0. The van der Waals surface area contributed by atoms with E-state index >= 15 is 0 Å². The normalized spacial score (nSPS) is 10.5. The third kappa shape index (κ3) is 3.71. The lowest BCUT2D eigenvalue weighted by atomic mass is 10.1. The van der Waals surface area contributed by atoms with Crippen LogP contribution in [0.1, 0.15) is 23.0 Å². The lowest BCUT2D eigenvalue weighted by Crippen LogP contribution is -2.11. The van der Waals surface area contributed by atoms with Crippen LogP contribution in [0.25, 0.3) is 10.9 Å². The average molecular weight is 337 g/mol. The zero-order chi connectivity index (χ0) is 17.8. The summed E-state index contributed by atoms with van der Waals surface area (Å²) in [5.74, 6) is 0.484. The lowest BCUT2D eigenvalue weighted by Gasteiger charge is -2.10. The van der Waals surface area contributed by atoms with Crippen LogP contribution in [-0.4, -0.2) is 19.7 Å². The molecule has 5 nitrogen and oxygen atoms in total. The standard InChI is InChI=1S/C20H20N2O3/c1-4-25-20(23)14-5-10-18-17(12-14)19(11-13(2)21-18)22-15-6-8-16(24-3)9-7-15/h5-12H,4H2,1-3H3,(H,21,22)/p+1. The molecule has 0 aliphatic carbocycles. The molecule has 5 heteroatoms. The van der Waals surface area contributed by atoms with Gasteiger partial charge in [0.1, 0.15) is 5.75 Å². The SMILES string of the molecule is CCOC(=O)c1ccc2[nH+]c(C)cc(Nc3ccc(OC)cc3)c2c1. The molecule has 1 heterocycles. The molecule has 0 unspecified atom stereocenters. The number of benzene rings is 2. The van der Waals surface area contributed by atoms with Gasteiger partial charge in [0.15, 0.2) is 5.69 Å². The Kier molecular flexibility index (Phi) is 4.84. The topological polar surface area (TPSA) is 61.7 Å². The quantitative estimate of drug-likeness (QED) is 0.718. The van der Waals surface area contributed by atoms with Crippen molar-refractivity contribution in [3.63, 3.8) is 0 Å². The van der Waals surface area contributed by atoms with Crippen LogP contribution in [0.4, 0.5) is 11.4 Å². The minimum absolute atomic E-state index is 0.319. The number of fused-ring (bicyclic) bond motifs is 1. The molecule has 2 aromatic carbocycles. The molecule has 2 N–H and O–H groups in total. The number of aromatic nitrogens is 1. The van der Waals surface area contributed by atoms with E-state index in [0.29, 0.717) is 12.2 Å². The first-order chi connectivity index (χ1) is 12.1. The smallest absolute Gasteiger partial charge is 0.338 e. The minimum Gasteiger partial charge on any atom is -0.497 e. The van der Waals surface area contributed by atoms with Gasteiger partial charge in [-0.15, -0.1) is 0 Å². The summed E-state index contributed by atoms with van der Waals surface area (Å²) in [5.41, 5.74) is 4.36. The molecule has 0 radical (unpaired) electrons. The van der Waals surface area contributed by atoms with Gasteiger partial charge in [0.05, 0.1) is 30.4 Å².